The van der Waals surface area contributed by atoms with E-state index < -0.39 is 12.2 Å². The molecule has 136 valence electrons. The highest BCUT2D eigenvalue weighted by atomic mass is 16.6. The highest BCUT2D eigenvalue weighted by Gasteiger charge is 2.07. The van der Waals surface area contributed by atoms with Crippen LogP contribution in [-0.2, 0) is 9.47 Å². The maximum absolute atomic E-state index is 11.5. The van der Waals surface area contributed by atoms with Crippen LogP contribution in [0.3, 0.4) is 0 Å². The maximum atomic E-state index is 11.5. The van der Waals surface area contributed by atoms with Gasteiger partial charge in [-0.1, -0.05) is 13.8 Å². The van der Waals surface area contributed by atoms with Crippen LogP contribution in [-0.4, -0.2) is 56.3 Å². The lowest BCUT2D eigenvalue weighted by atomic mass is 10.3. The van der Waals surface area contributed by atoms with Crippen LogP contribution in [0.4, 0.5) is 10.5 Å². The molecule has 0 bridgehead atoms. The molecule has 0 saturated carbocycles. The smallest absolute Gasteiger partial charge is 0.411 e. The van der Waals surface area contributed by atoms with Crippen molar-refractivity contribution in [3.8, 4) is 5.75 Å². The van der Waals surface area contributed by atoms with E-state index in [0.717, 1.165) is 0 Å². The van der Waals surface area contributed by atoms with E-state index in [9.17, 15) is 9.90 Å². The summed E-state index contributed by atoms with van der Waals surface area (Å²) in [5, 5.41) is 15.5. The summed E-state index contributed by atoms with van der Waals surface area (Å²) < 4.78 is 15.5. The maximum Gasteiger partial charge on any atom is 0.411 e. The van der Waals surface area contributed by atoms with Gasteiger partial charge in [-0.2, -0.15) is 0 Å². The van der Waals surface area contributed by atoms with E-state index in [1.807, 2.05) is 20.8 Å². The lowest BCUT2D eigenvalue weighted by Crippen LogP contribution is -2.35. The minimum absolute atomic E-state index is 0.200. The molecule has 1 rings (SSSR count). The second-order valence-electron chi connectivity index (χ2n) is 5.51. The first-order valence-corrected chi connectivity index (χ1v) is 8.17. The van der Waals surface area contributed by atoms with Gasteiger partial charge in [-0.25, -0.2) is 4.79 Å². The molecule has 0 heterocycles. The molecule has 1 atom stereocenters. The molecule has 24 heavy (non-hydrogen) atoms. The van der Waals surface area contributed by atoms with Gasteiger partial charge in [0.2, 0.25) is 0 Å². The molecule has 0 aliphatic heterocycles. The van der Waals surface area contributed by atoms with Crippen LogP contribution in [0, 0.1) is 0 Å². The van der Waals surface area contributed by atoms with Crippen molar-refractivity contribution in [3.63, 3.8) is 0 Å². The SMILES string of the molecule is CCOCCOC(=O)Nc1ccc(OCC(O)CNC(C)C)cc1. The van der Waals surface area contributed by atoms with Crippen molar-refractivity contribution >= 4 is 11.8 Å². The second kappa shape index (κ2) is 11.7. The number of hydrogen-bond donors (Lipinski definition) is 3. The highest BCUT2D eigenvalue weighted by Crippen LogP contribution is 2.16. The quantitative estimate of drug-likeness (QED) is 0.534. The zero-order valence-corrected chi connectivity index (χ0v) is 14.6. The van der Waals surface area contributed by atoms with Gasteiger partial charge in [0.15, 0.2) is 0 Å². The number of aliphatic hydroxyl groups is 1. The fourth-order valence-electron chi connectivity index (χ4n) is 1.75. The summed E-state index contributed by atoms with van der Waals surface area (Å²) in [6.07, 6.45) is -1.11. The molecule has 7 nitrogen and oxygen atoms in total. The minimum atomic E-state index is -0.578. The topological polar surface area (TPSA) is 89.1 Å². The Morgan fingerprint density at radius 3 is 2.54 bits per heavy atom. The Hall–Kier alpha value is -1.83. The first-order chi connectivity index (χ1) is 11.5. The number of ether oxygens (including phenoxy) is 3. The Morgan fingerprint density at radius 2 is 1.92 bits per heavy atom. The molecule has 0 radical (unpaired) electrons. The Bertz CT molecular complexity index is 465. The number of aliphatic hydroxyl groups excluding tert-OH is 1. The van der Waals surface area contributed by atoms with Gasteiger partial charge >= 0.3 is 6.09 Å². The van der Waals surface area contributed by atoms with Crippen molar-refractivity contribution in [2.45, 2.75) is 32.9 Å². The number of nitrogens with one attached hydrogen (secondary N) is 2. The van der Waals surface area contributed by atoms with Gasteiger partial charge in [0.25, 0.3) is 0 Å². The molecule has 3 N–H and O–H groups in total. The predicted octanol–water partition coefficient (Wildman–Crippen LogP) is 2.01. The van der Waals surface area contributed by atoms with Crippen LogP contribution in [0.2, 0.25) is 0 Å². The third-order valence-electron chi connectivity index (χ3n) is 2.97. The Balaban J connectivity index is 2.28. The molecule has 0 saturated heterocycles. The Morgan fingerprint density at radius 1 is 1.21 bits per heavy atom. The molecule has 0 aliphatic rings. The van der Waals surface area contributed by atoms with Crippen LogP contribution in [0.5, 0.6) is 5.75 Å². The van der Waals surface area contributed by atoms with Gasteiger partial charge in [-0.3, -0.25) is 5.32 Å². The molecule has 7 heteroatoms. The van der Waals surface area contributed by atoms with Crippen LogP contribution in [0.15, 0.2) is 24.3 Å². The molecule has 1 amide bonds. The number of rotatable bonds is 11. The van der Waals surface area contributed by atoms with Crippen LogP contribution < -0.4 is 15.4 Å². The number of carbonyl (C=O) groups excluding carboxylic acids is 1. The van der Waals surface area contributed by atoms with E-state index >= 15 is 0 Å². The summed E-state index contributed by atoms with van der Waals surface area (Å²) in [5.41, 5.74) is 0.603. The minimum Gasteiger partial charge on any atom is -0.491 e. The van der Waals surface area contributed by atoms with Crippen LogP contribution in [0.25, 0.3) is 0 Å². The van der Waals surface area contributed by atoms with E-state index in [4.69, 9.17) is 14.2 Å². The van der Waals surface area contributed by atoms with Crippen molar-refractivity contribution in [1.29, 1.82) is 0 Å². The monoisotopic (exact) mass is 340 g/mol. The highest BCUT2D eigenvalue weighted by molar-refractivity contribution is 5.84. The van der Waals surface area contributed by atoms with Gasteiger partial charge in [0.05, 0.1) is 6.61 Å². The first kappa shape index (κ1) is 20.2. The largest absolute Gasteiger partial charge is 0.491 e. The normalized spacial score (nSPS) is 12.0. The Labute approximate surface area is 143 Å². The van der Waals surface area contributed by atoms with Crippen LogP contribution >= 0.6 is 0 Å². The van der Waals surface area contributed by atoms with Gasteiger partial charge in [0, 0.05) is 24.9 Å². The van der Waals surface area contributed by atoms with Gasteiger partial charge < -0.3 is 24.6 Å². The average Bonchev–Trinajstić information content (AvgIpc) is 2.56. The fraction of sp³-hybridized carbons (Fsp3) is 0.588. The van der Waals surface area contributed by atoms with Gasteiger partial charge in [0.1, 0.15) is 25.1 Å². The zero-order valence-electron chi connectivity index (χ0n) is 14.6. The molecular weight excluding hydrogens is 312 g/mol. The number of anilines is 1. The van der Waals surface area contributed by atoms with E-state index in [1.165, 1.54) is 0 Å². The summed E-state index contributed by atoms with van der Waals surface area (Å²) in [4.78, 5) is 11.5. The van der Waals surface area contributed by atoms with Crippen molar-refractivity contribution < 1.29 is 24.1 Å². The predicted molar refractivity (Wildman–Crippen MR) is 92.5 cm³/mol. The van der Waals surface area contributed by atoms with E-state index in [1.54, 1.807) is 24.3 Å². The van der Waals surface area contributed by atoms with Crippen LogP contribution in [0.1, 0.15) is 20.8 Å². The number of amides is 1. The van der Waals surface area contributed by atoms with E-state index in [0.29, 0.717) is 37.2 Å². The number of benzene rings is 1. The number of carbonyl (C=O) groups is 1. The van der Waals surface area contributed by atoms with Gasteiger partial charge in [-0.15, -0.1) is 0 Å². The average molecular weight is 340 g/mol. The van der Waals surface area contributed by atoms with E-state index in [-0.39, 0.29) is 13.2 Å². The first-order valence-electron chi connectivity index (χ1n) is 8.17. The third kappa shape index (κ3) is 9.34. The standard InChI is InChI=1S/C17H28N2O5/c1-4-22-9-10-23-17(21)19-14-5-7-16(8-6-14)24-12-15(20)11-18-13(2)3/h5-8,13,15,18,20H,4,9-12H2,1-3H3,(H,19,21). The zero-order chi connectivity index (χ0) is 17.8. The van der Waals surface area contributed by atoms with Crippen molar-refractivity contribution in [2.24, 2.45) is 0 Å². The summed E-state index contributed by atoms with van der Waals surface area (Å²) in [6.45, 7) is 7.77. The van der Waals surface area contributed by atoms with Crippen molar-refractivity contribution in [1.82, 2.24) is 5.32 Å². The molecule has 1 aromatic rings. The molecule has 1 unspecified atom stereocenters. The molecule has 1 aromatic carbocycles. The molecule has 0 aliphatic carbocycles. The lowest BCUT2D eigenvalue weighted by Gasteiger charge is -2.15. The molecule has 0 spiro atoms. The Kier molecular flexibility index (Phi) is 9.83. The summed E-state index contributed by atoms with van der Waals surface area (Å²) in [6, 6.07) is 7.17. The van der Waals surface area contributed by atoms with E-state index in [2.05, 4.69) is 10.6 Å². The summed E-state index contributed by atoms with van der Waals surface area (Å²) in [5.74, 6) is 0.619. The molecule has 0 fully saturated rings. The molecular formula is C17H28N2O5. The van der Waals surface area contributed by atoms with Gasteiger partial charge in [-0.05, 0) is 31.2 Å². The molecule has 0 aromatic heterocycles. The summed E-state index contributed by atoms with van der Waals surface area (Å²) >= 11 is 0. The third-order valence-corrected chi connectivity index (χ3v) is 2.97. The fourth-order valence-corrected chi connectivity index (χ4v) is 1.75. The van der Waals surface area contributed by atoms with Crippen molar-refractivity contribution in [3.05, 3.63) is 24.3 Å². The van der Waals surface area contributed by atoms with Crippen molar-refractivity contribution in [2.75, 3.05) is 38.3 Å². The second-order valence-corrected chi connectivity index (χ2v) is 5.51. The summed E-state index contributed by atoms with van der Waals surface area (Å²) in [7, 11) is 0. The number of hydrogen-bond acceptors (Lipinski definition) is 6. The lowest BCUT2D eigenvalue weighted by molar-refractivity contribution is 0.0850.